The van der Waals surface area contributed by atoms with Gasteiger partial charge in [-0.05, 0) is 0 Å². The van der Waals surface area contributed by atoms with Crippen molar-refractivity contribution >= 4 is 10.1 Å². The molecule has 0 N–H and O–H groups in total. The van der Waals surface area contributed by atoms with Crippen LogP contribution >= 0.6 is 0 Å². The molecule has 1 unspecified atom stereocenters. The second-order valence-corrected chi connectivity index (χ2v) is 4.30. The molecule has 1 heterocycles. The average Bonchev–Trinajstić information content (AvgIpc) is 1.79. The van der Waals surface area contributed by atoms with Crippen LogP contribution in [0.3, 0.4) is 0 Å². The minimum atomic E-state index is -5.50. The van der Waals surface area contributed by atoms with Crippen LogP contribution in [0, 0.1) is 0 Å². The molecule has 1 atom stereocenters. The molecule has 0 saturated carbocycles. The van der Waals surface area contributed by atoms with E-state index in [0.29, 0.717) is 0 Å². The fraction of sp³-hybridized carbons (Fsp3) is 1.00. The summed E-state index contributed by atoms with van der Waals surface area (Å²) in [5.41, 5.74) is 0. The highest BCUT2D eigenvalue weighted by molar-refractivity contribution is 7.89. The first-order chi connectivity index (χ1) is 5.91. The van der Waals surface area contributed by atoms with Crippen molar-refractivity contribution in [1.29, 1.82) is 0 Å². The molecule has 14 heavy (non-hydrogen) atoms. The molecule has 10 heteroatoms. The highest BCUT2D eigenvalue weighted by Gasteiger charge is 2.80. The molecule has 1 aliphatic heterocycles. The van der Waals surface area contributed by atoms with Gasteiger partial charge in [0, 0.05) is 0 Å². The van der Waals surface area contributed by atoms with Crippen LogP contribution in [0.1, 0.15) is 6.42 Å². The van der Waals surface area contributed by atoms with Crippen LogP contribution < -0.4 is 0 Å². The number of halogens is 6. The van der Waals surface area contributed by atoms with Crippen molar-refractivity contribution in [2.75, 3.05) is 0 Å². The van der Waals surface area contributed by atoms with Crippen LogP contribution in [0.4, 0.5) is 26.3 Å². The van der Waals surface area contributed by atoms with Gasteiger partial charge in [-0.25, -0.2) is 4.39 Å². The molecule has 0 bridgehead atoms. The van der Waals surface area contributed by atoms with E-state index < -0.39 is 33.8 Å². The lowest BCUT2D eigenvalue weighted by molar-refractivity contribution is -0.299. The van der Waals surface area contributed by atoms with Crippen molar-refractivity contribution in [2.24, 2.45) is 0 Å². The van der Waals surface area contributed by atoms with Crippen LogP contribution in [0.25, 0.3) is 0 Å². The highest BCUT2D eigenvalue weighted by Crippen LogP contribution is 2.54. The van der Waals surface area contributed by atoms with Crippen LogP contribution in [-0.2, 0) is 14.3 Å². The van der Waals surface area contributed by atoms with E-state index in [9.17, 15) is 34.8 Å². The average molecular weight is 244 g/mol. The molecule has 0 radical (unpaired) electrons. The van der Waals surface area contributed by atoms with Crippen molar-refractivity contribution in [1.82, 2.24) is 0 Å². The maximum absolute atomic E-state index is 12.8. The zero-order chi connectivity index (χ0) is 11.4. The summed E-state index contributed by atoms with van der Waals surface area (Å²) in [5.74, 6) is 0. The zero-order valence-corrected chi connectivity index (χ0v) is 6.92. The van der Waals surface area contributed by atoms with E-state index in [4.69, 9.17) is 0 Å². The second-order valence-electron chi connectivity index (χ2n) is 2.57. The summed E-state index contributed by atoms with van der Waals surface area (Å²) in [6.45, 7) is 0. The molecule has 1 fully saturated rings. The number of rotatable bonds is 1. The second kappa shape index (κ2) is 2.54. The minimum absolute atomic E-state index is 2.74. The van der Waals surface area contributed by atoms with Gasteiger partial charge in [-0.15, -0.1) is 0 Å². The van der Waals surface area contributed by atoms with E-state index in [0.717, 1.165) is 0 Å². The molecule has 0 spiro atoms. The highest BCUT2D eigenvalue weighted by atomic mass is 32.2. The summed E-state index contributed by atoms with van der Waals surface area (Å²) in [5, 5.41) is -4.71. The summed E-state index contributed by atoms with van der Waals surface area (Å²) in [6.07, 6.45) is -13.1. The summed E-state index contributed by atoms with van der Waals surface area (Å²) in [7, 11) is -5.50. The van der Waals surface area contributed by atoms with Gasteiger partial charge in [0.2, 0.25) is 0 Å². The molecule has 0 aliphatic carbocycles. The van der Waals surface area contributed by atoms with Crippen molar-refractivity contribution in [2.45, 2.75) is 23.7 Å². The Morgan fingerprint density at radius 3 is 1.71 bits per heavy atom. The molecule has 0 amide bonds. The number of hydrogen-bond donors (Lipinski definition) is 0. The Morgan fingerprint density at radius 1 is 1.14 bits per heavy atom. The fourth-order valence-corrected chi connectivity index (χ4v) is 1.92. The van der Waals surface area contributed by atoms with E-state index in [1.54, 1.807) is 0 Å². The monoisotopic (exact) mass is 244 g/mol. The van der Waals surface area contributed by atoms with Gasteiger partial charge < -0.3 is 0 Å². The van der Waals surface area contributed by atoms with Crippen molar-refractivity contribution in [3.8, 4) is 0 Å². The van der Waals surface area contributed by atoms with Gasteiger partial charge in [0.1, 0.15) is 6.42 Å². The van der Waals surface area contributed by atoms with E-state index in [1.807, 2.05) is 0 Å². The first kappa shape index (κ1) is 11.6. The Kier molecular flexibility index (Phi) is 2.10. The van der Waals surface area contributed by atoms with E-state index in [1.165, 1.54) is 0 Å². The van der Waals surface area contributed by atoms with E-state index >= 15 is 0 Å². The molecule has 1 rings (SSSR count). The topological polar surface area (TPSA) is 43.4 Å². The molecular formula is C4H2F6O3S. The Bertz CT molecular complexity index is 345. The van der Waals surface area contributed by atoms with E-state index in [-0.39, 0.29) is 0 Å². The van der Waals surface area contributed by atoms with Crippen LogP contribution in [0.15, 0.2) is 0 Å². The van der Waals surface area contributed by atoms with Gasteiger partial charge in [-0.2, -0.15) is 34.6 Å². The molecular weight excluding hydrogens is 242 g/mol. The van der Waals surface area contributed by atoms with Gasteiger partial charge in [0.25, 0.3) is 0 Å². The summed E-state index contributed by atoms with van der Waals surface area (Å²) in [4.78, 5) is 0. The Morgan fingerprint density at radius 2 is 1.57 bits per heavy atom. The first-order valence-electron chi connectivity index (χ1n) is 3.00. The standard InChI is InChI=1S/C4H2F6O3S/c5-2(1-3(6,7)8)4(9,10)13-14(2,11)12/h1H2. The fourth-order valence-electron chi connectivity index (χ4n) is 0.827. The zero-order valence-electron chi connectivity index (χ0n) is 6.11. The maximum atomic E-state index is 12.8. The van der Waals surface area contributed by atoms with Gasteiger partial charge in [-0.1, -0.05) is 0 Å². The minimum Gasteiger partial charge on any atom is -0.213 e. The first-order valence-corrected chi connectivity index (χ1v) is 4.41. The summed E-state index contributed by atoms with van der Waals surface area (Å²) >= 11 is 0. The summed E-state index contributed by atoms with van der Waals surface area (Å²) < 4.78 is 95.0. The molecule has 1 aliphatic rings. The smallest absolute Gasteiger partial charge is 0.213 e. The number of alkyl halides is 6. The van der Waals surface area contributed by atoms with Gasteiger partial charge >= 0.3 is 27.4 Å². The lowest BCUT2D eigenvalue weighted by atomic mass is 10.2. The third-order valence-electron chi connectivity index (χ3n) is 1.47. The quantitative estimate of drug-likeness (QED) is 0.519. The van der Waals surface area contributed by atoms with Crippen LogP contribution in [0.2, 0.25) is 0 Å². The Hall–Kier alpha value is -0.510. The molecule has 0 aromatic carbocycles. The third-order valence-corrected chi connectivity index (χ3v) is 3.08. The van der Waals surface area contributed by atoms with Crippen molar-refractivity contribution in [3.05, 3.63) is 0 Å². The largest absolute Gasteiger partial charge is 0.420 e. The molecule has 0 aromatic heterocycles. The lowest BCUT2D eigenvalue weighted by Gasteiger charge is -2.39. The molecule has 3 nitrogen and oxygen atoms in total. The Labute approximate surface area is 73.8 Å². The molecule has 1 saturated heterocycles. The third kappa shape index (κ3) is 1.45. The van der Waals surface area contributed by atoms with Crippen molar-refractivity contribution < 1.29 is 38.9 Å². The van der Waals surface area contributed by atoms with Crippen LogP contribution in [0.5, 0.6) is 0 Å². The maximum Gasteiger partial charge on any atom is 0.420 e. The van der Waals surface area contributed by atoms with Gasteiger partial charge in [-0.3, -0.25) is 0 Å². The molecule has 84 valence electrons. The summed E-state index contributed by atoms with van der Waals surface area (Å²) in [6, 6.07) is 0. The predicted molar refractivity (Wildman–Crippen MR) is 29.5 cm³/mol. The van der Waals surface area contributed by atoms with Crippen LogP contribution in [-0.4, -0.2) is 25.7 Å². The Balaban J connectivity index is 3.03. The van der Waals surface area contributed by atoms with Gasteiger partial charge in [0.15, 0.2) is 0 Å². The lowest BCUT2D eigenvalue weighted by Crippen LogP contribution is -2.65. The van der Waals surface area contributed by atoms with Crippen molar-refractivity contribution in [3.63, 3.8) is 0 Å². The normalized spacial score (nSPS) is 35.0. The number of hydrogen-bond acceptors (Lipinski definition) is 3. The molecule has 0 aromatic rings. The van der Waals surface area contributed by atoms with Gasteiger partial charge in [0.05, 0.1) is 0 Å². The SMILES string of the molecule is O=S1(=O)OC(F)(F)C1(F)CC(F)(F)F. The van der Waals surface area contributed by atoms with E-state index in [2.05, 4.69) is 4.18 Å². The predicted octanol–water partition coefficient (Wildman–Crippen LogP) is 1.56.